The Bertz CT molecular complexity index is 943. The molecule has 2 heterocycles. The van der Waals surface area contributed by atoms with Gasteiger partial charge in [0, 0.05) is 43.1 Å². The molecule has 0 radical (unpaired) electrons. The Hall–Kier alpha value is -2.49. The number of anilines is 2. The molecule has 1 fully saturated rings. The topological polar surface area (TPSA) is 102 Å². The van der Waals surface area contributed by atoms with Crippen molar-refractivity contribution in [3.63, 3.8) is 0 Å². The second kappa shape index (κ2) is 9.82. The normalized spacial score (nSPS) is 14.6. The molecular formula is C20H27N4O4S+. The minimum atomic E-state index is -3.60. The molecule has 0 atom stereocenters. The van der Waals surface area contributed by atoms with Gasteiger partial charge >= 0.3 is 5.91 Å². The number of benzene rings is 1. The van der Waals surface area contributed by atoms with Crippen LogP contribution in [0.15, 0.2) is 47.5 Å². The third-order valence-corrected chi connectivity index (χ3v) is 6.09. The third kappa shape index (κ3) is 5.75. The zero-order valence-electron chi connectivity index (χ0n) is 16.5. The van der Waals surface area contributed by atoms with Crippen molar-refractivity contribution in [1.29, 1.82) is 0 Å². The number of rotatable bonds is 8. The maximum Gasteiger partial charge on any atom is 0.320 e. The standard InChI is InChI=1S/C20H26N4O4S/c1-2-3-8-22-29(26,27)18-6-4-5-16(14-18)23-20(25)19-15-17(7-9-21-19)24-10-12-28-13-11-24/h4-7,9,14-15,22H,2-3,8,10-13H2,1H3,(H,23,25)/p+1. The number of aromatic nitrogens is 1. The van der Waals surface area contributed by atoms with E-state index in [1.54, 1.807) is 24.4 Å². The summed E-state index contributed by atoms with van der Waals surface area (Å²) in [5.74, 6) is -0.339. The summed E-state index contributed by atoms with van der Waals surface area (Å²) in [4.78, 5) is 17.9. The molecule has 0 aliphatic carbocycles. The van der Waals surface area contributed by atoms with Crippen molar-refractivity contribution in [1.82, 2.24) is 4.72 Å². The van der Waals surface area contributed by atoms with Crippen LogP contribution in [0.1, 0.15) is 30.3 Å². The molecule has 1 aromatic carbocycles. The fourth-order valence-corrected chi connectivity index (χ4v) is 4.13. The summed E-state index contributed by atoms with van der Waals surface area (Å²) in [5.41, 5.74) is 1.75. The molecule has 1 aliphatic heterocycles. The molecule has 1 aromatic heterocycles. The molecule has 1 saturated heterocycles. The first kappa shape index (κ1) is 21.2. The molecule has 0 bridgehead atoms. The Morgan fingerprint density at radius 3 is 2.76 bits per heavy atom. The molecule has 3 rings (SSSR count). The summed E-state index contributed by atoms with van der Waals surface area (Å²) >= 11 is 0. The lowest BCUT2D eigenvalue weighted by Crippen LogP contribution is -2.36. The monoisotopic (exact) mass is 419 g/mol. The number of H-pyrrole nitrogens is 1. The van der Waals surface area contributed by atoms with E-state index in [1.807, 2.05) is 13.0 Å². The Kier molecular flexibility index (Phi) is 7.18. The molecule has 1 aliphatic rings. The van der Waals surface area contributed by atoms with Crippen LogP contribution in [0.5, 0.6) is 0 Å². The quantitative estimate of drug-likeness (QED) is 0.634. The minimum Gasteiger partial charge on any atom is -0.378 e. The van der Waals surface area contributed by atoms with Crippen molar-refractivity contribution in [2.75, 3.05) is 43.1 Å². The molecule has 3 N–H and O–H groups in total. The number of morpholine rings is 1. The number of amides is 1. The van der Waals surface area contributed by atoms with Gasteiger partial charge in [-0.25, -0.2) is 18.1 Å². The van der Waals surface area contributed by atoms with Crippen LogP contribution in [0.4, 0.5) is 11.4 Å². The molecule has 0 spiro atoms. The highest BCUT2D eigenvalue weighted by atomic mass is 32.2. The van der Waals surface area contributed by atoms with Gasteiger partial charge in [0.25, 0.3) is 5.69 Å². The number of pyridine rings is 1. The second-order valence-corrected chi connectivity index (χ2v) is 8.56. The zero-order valence-corrected chi connectivity index (χ0v) is 17.3. The first-order valence-electron chi connectivity index (χ1n) is 9.75. The van der Waals surface area contributed by atoms with Crippen LogP contribution in [-0.2, 0) is 14.8 Å². The molecule has 0 unspecified atom stereocenters. The number of carbonyl (C=O) groups is 1. The fourth-order valence-electron chi connectivity index (χ4n) is 3.01. The summed E-state index contributed by atoms with van der Waals surface area (Å²) < 4.78 is 32.7. The Labute approximate surface area is 171 Å². The van der Waals surface area contributed by atoms with Gasteiger partial charge in [0.2, 0.25) is 10.0 Å². The average molecular weight is 420 g/mol. The predicted octanol–water partition coefficient (Wildman–Crippen LogP) is 1.67. The lowest BCUT2D eigenvalue weighted by Gasteiger charge is -2.28. The summed E-state index contributed by atoms with van der Waals surface area (Å²) in [6.07, 6.45) is 3.39. The zero-order chi connectivity index (χ0) is 20.7. The summed E-state index contributed by atoms with van der Waals surface area (Å²) in [6.45, 7) is 5.25. The molecule has 2 aromatic rings. The predicted molar refractivity (Wildman–Crippen MR) is 111 cm³/mol. The first-order valence-corrected chi connectivity index (χ1v) is 11.2. The van der Waals surface area contributed by atoms with Gasteiger partial charge in [0.1, 0.15) is 0 Å². The smallest absolute Gasteiger partial charge is 0.320 e. The van der Waals surface area contributed by atoms with Gasteiger partial charge in [-0.3, -0.25) is 4.79 Å². The molecule has 8 nitrogen and oxygen atoms in total. The van der Waals surface area contributed by atoms with Crippen LogP contribution in [0.2, 0.25) is 0 Å². The molecule has 29 heavy (non-hydrogen) atoms. The number of hydrogen-bond donors (Lipinski definition) is 2. The van der Waals surface area contributed by atoms with Crippen molar-refractivity contribution in [2.45, 2.75) is 24.7 Å². The SMILES string of the molecule is CCCCNS(=O)(=O)c1cccc(NC(=O)c2cc(N3CCOCC3)cc[nH+]2)c1. The van der Waals surface area contributed by atoms with Gasteiger partial charge < -0.3 is 15.0 Å². The number of hydrogen-bond acceptors (Lipinski definition) is 5. The third-order valence-electron chi connectivity index (χ3n) is 4.63. The van der Waals surface area contributed by atoms with Gasteiger partial charge in [-0.2, -0.15) is 0 Å². The van der Waals surface area contributed by atoms with E-state index in [-0.39, 0.29) is 10.8 Å². The highest BCUT2D eigenvalue weighted by molar-refractivity contribution is 7.89. The molecule has 1 amide bonds. The highest BCUT2D eigenvalue weighted by Crippen LogP contribution is 2.18. The lowest BCUT2D eigenvalue weighted by molar-refractivity contribution is -0.381. The van der Waals surface area contributed by atoms with E-state index in [4.69, 9.17) is 4.74 Å². The number of sulfonamides is 1. The maximum absolute atomic E-state index is 12.7. The number of nitrogens with one attached hydrogen (secondary N) is 3. The molecule has 156 valence electrons. The van der Waals surface area contributed by atoms with Crippen molar-refractivity contribution in [2.24, 2.45) is 0 Å². The van der Waals surface area contributed by atoms with Crippen LogP contribution in [0, 0.1) is 0 Å². The van der Waals surface area contributed by atoms with Crippen molar-refractivity contribution >= 4 is 27.3 Å². The van der Waals surface area contributed by atoms with E-state index in [0.29, 0.717) is 31.1 Å². The van der Waals surface area contributed by atoms with E-state index >= 15 is 0 Å². The summed E-state index contributed by atoms with van der Waals surface area (Å²) in [7, 11) is -3.60. The molecule has 9 heteroatoms. The summed E-state index contributed by atoms with van der Waals surface area (Å²) in [5, 5.41) is 2.76. The minimum absolute atomic E-state index is 0.123. The number of ether oxygens (including phenoxy) is 1. The fraction of sp³-hybridized carbons (Fsp3) is 0.400. The lowest BCUT2D eigenvalue weighted by atomic mass is 10.2. The van der Waals surface area contributed by atoms with Crippen LogP contribution in [0.3, 0.4) is 0 Å². The first-order chi connectivity index (χ1) is 14.0. The van der Waals surface area contributed by atoms with Crippen LogP contribution >= 0.6 is 0 Å². The van der Waals surface area contributed by atoms with Crippen molar-refractivity contribution < 1.29 is 22.9 Å². The largest absolute Gasteiger partial charge is 0.378 e. The van der Waals surface area contributed by atoms with Gasteiger partial charge in [0.05, 0.1) is 18.1 Å². The van der Waals surface area contributed by atoms with Gasteiger partial charge in [-0.1, -0.05) is 19.4 Å². The maximum atomic E-state index is 12.7. The molecule has 0 saturated carbocycles. The van der Waals surface area contributed by atoms with Gasteiger partial charge in [-0.15, -0.1) is 0 Å². The number of carbonyl (C=O) groups excluding carboxylic acids is 1. The van der Waals surface area contributed by atoms with Gasteiger partial charge in [0.15, 0.2) is 6.20 Å². The van der Waals surface area contributed by atoms with Gasteiger partial charge in [-0.05, 0) is 24.6 Å². The summed E-state index contributed by atoms with van der Waals surface area (Å²) in [6, 6.07) is 9.94. The van der Waals surface area contributed by atoms with E-state index in [1.165, 1.54) is 12.1 Å². The highest BCUT2D eigenvalue weighted by Gasteiger charge is 2.19. The Balaban J connectivity index is 1.71. The van der Waals surface area contributed by atoms with Crippen LogP contribution < -0.4 is 19.9 Å². The Morgan fingerprint density at radius 1 is 1.21 bits per heavy atom. The number of unbranched alkanes of at least 4 members (excludes halogenated alkanes) is 1. The second-order valence-electron chi connectivity index (χ2n) is 6.79. The van der Waals surface area contributed by atoms with Crippen molar-refractivity contribution in [3.8, 4) is 0 Å². The van der Waals surface area contributed by atoms with Crippen LogP contribution in [0.25, 0.3) is 0 Å². The molecular weight excluding hydrogens is 392 g/mol. The average Bonchev–Trinajstić information content (AvgIpc) is 2.75. The van der Waals surface area contributed by atoms with E-state index < -0.39 is 10.0 Å². The van der Waals surface area contributed by atoms with Crippen LogP contribution in [-0.4, -0.2) is 47.2 Å². The van der Waals surface area contributed by atoms with E-state index in [9.17, 15) is 13.2 Å². The van der Waals surface area contributed by atoms with Crippen molar-refractivity contribution in [3.05, 3.63) is 48.3 Å². The van der Waals surface area contributed by atoms with E-state index in [0.717, 1.165) is 31.6 Å². The Morgan fingerprint density at radius 2 is 2.00 bits per heavy atom. The number of nitrogens with zero attached hydrogens (tertiary/aromatic N) is 1. The number of aromatic amines is 1. The van der Waals surface area contributed by atoms with E-state index in [2.05, 4.69) is 19.9 Å².